The summed E-state index contributed by atoms with van der Waals surface area (Å²) in [6.07, 6.45) is 1.59. The zero-order valence-electron chi connectivity index (χ0n) is 13.8. The number of benzene rings is 2. The highest BCUT2D eigenvalue weighted by Gasteiger charge is 2.44. The Balaban J connectivity index is 2.05. The minimum Gasteiger partial charge on any atom is -0.467 e. The van der Waals surface area contributed by atoms with Gasteiger partial charge in [-0.3, -0.25) is 5.32 Å². The molecule has 0 fully saturated rings. The molecule has 124 valence electrons. The van der Waals surface area contributed by atoms with E-state index in [2.05, 4.69) is 5.32 Å². The fraction of sp³-hybridized carbons (Fsp3) is 0.263. The number of fused-ring (bicyclic) bond motifs is 1. The van der Waals surface area contributed by atoms with E-state index in [0.717, 1.165) is 16.3 Å². The normalized spacial score (nSPS) is 23.0. The highest BCUT2D eigenvalue weighted by Crippen LogP contribution is 2.35. The van der Waals surface area contributed by atoms with E-state index in [1.54, 1.807) is 13.0 Å². The predicted octanol–water partition coefficient (Wildman–Crippen LogP) is 2.52. The van der Waals surface area contributed by atoms with Crippen LogP contribution in [0.15, 0.2) is 54.1 Å². The van der Waals surface area contributed by atoms with Crippen molar-refractivity contribution in [1.29, 1.82) is 0 Å². The number of hydrogen-bond donors (Lipinski definition) is 1. The van der Waals surface area contributed by atoms with Gasteiger partial charge in [0.2, 0.25) is 0 Å². The molecule has 2 atom stereocenters. The van der Waals surface area contributed by atoms with Crippen LogP contribution < -0.4 is 5.32 Å². The third-order valence-electron chi connectivity index (χ3n) is 4.34. The Morgan fingerprint density at radius 3 is 2.42 bits per heavy atom. The first-order valence-electron chi connectivity index (χ1n) is 7.64. The average molecular weight is 325 g/mol. The Kier molecular flexibility index (Phi) is 4.11. The average Bonchev–Trinajstić information content (AvgIpc) is 2.99. The molecule has 0 unspecified atom stereocenters. The minimum atomic E-state index is -1.07. The fourth-order valence-electron chi connectivity index (χ4n) is 3.09. The maximum absolute atomic E-state index is 12.2. The molecule has 1 heterocycles. The lowest BCUT2D eigenvalue weighted by atomic mass is 9.98. The number of hydrogen-bond acceptors (Lipinski definition) is 5. The maximum atomic E-state index is 12.2. The van der Waals surface area contributed by atoms with Crippen LogP contribution in [0.5, 0.6) is 0 Å². The van der Waals surface area contributed by atoms with E-state index in [0.29, 0.717) is 5.57 Å². The monoisotopic (exact) mass is 325 g/mol. The quantitative estimate of drug-likeness (QED) is 0.879. The molecule has 0 aliphatic carbocycles. The zero-order chi connectivity index (χ0) is 17.3. The summed E-state index contributed by atoms with van der Waals surface area (Å²) >= 11 is 0. The van der Waals surface area contributed by atoms with Gasteiger partial charge in [-0.25, -0.2) is 9.59 Å². The molecule has 5 nitrogen and oxygen atoms in total. The summed E-state index contributed by atoms with van der Waals surface area (Å²) < 4.78 is 9.74. The Morgan fingerprint density at radius 1 is 1.04 bits per heavy atom. The van der Waals surface area contributed by atoms with Gasteiger partial charge in [0, 0.05) is 0 Å². The first kappa shape index (κ1) is 16.2. The Bertz CT molecular complexity index is 842. The van der Waals surface area contributed by atoms with E-state index in [1.165, 1.54) is 14.2 Å². The van der Waals surface area contributed by atoms with E-state index >= 15 is 0 Å². The second kappa shape index (κ2) is 6.09. The van der Waals surface area contributed by atoms with Gasteiger partial charge in [0.15, 0.2) is 0 Å². The highest BCUT2D eigenvalue weighted by molar-refractivity contribution is 5.95. The summed E-state index contributed by atoms with van der Waals surface area (Å²) in [4.78, 5) is 24.3. The second-order valence-corrected chi connectivity index (χ2v) is 5.97. The van der Waals surface area contributed by atoms with E-state index in [-0.39, 0.29) is 0 Å². The molecule has 0 radical (unpaired) electrons. The van der Waals surface area contributed by atoms with Crippen molar-refractivity contribution in [3.8, 4) is 0 Å². The van der Waals surface area contributed by atoms with Crippen molar-refractivity contribution in [1.82, 2.24) is 5.32 Å². The first-order chi connectivity index (χ1) is 11.5. The number of carbonyl (C=O) groups excluding carboxylic acids is 2. The van der Waals surface area contributed by atoms with Gasteiger partial charge in [0.05, 0.1) is 25.8 Å². The number of esters is 2. The summed E-state index contributed by atoms with van der Waals surface area (Å²) in [5, 5.41) is 5.37. The van der Waals surface area contributed by atoms with Crippen molar-refractivity contribution < 1.29 is 19.1 Å². The minimum absolute atomic E-state index is 0.403. The lowest BCUT2D eigenvalue weighted by Gasteiger charge is -2.23. The summed E-state index contributed by atoms with van der Waals surface area (Å²) in [5.74, 6) is -0.916. The van der Waals surface area contributed by atoms with E-state index in [4.69, 9.17) is 9.47 Å². The van der Waals surface area contributed by atoms with Crippen LogP contribution in [0.3, 0.4) is 0 Å². The van der Waals surface area contributed by atoms with E-state index < -0.39 is 23.5 Å². The smallest absolute Gasteiger partial charge is 0.335 e. The van der Waals surface area contributed by atoms with Gasteiger partial charge in [-0.05, 0) is 35.4 Å². The number of rotatable bonds is 3. The predicted molar refractivity (Wildman–Crippen MR) is 90.3 cm³/mol. The van der Waals surface area contributed by atoms with Crippen LogP contribution in [0.4, 0.5) is 0 Å². The Hall–Kier alpha value is -2.66. The molecule has 2 aromatic carbocycles. The molecular formula is C19H19NO4. The number of methoxy groups -OCH3 is 2. The molecule has 1 N–H and O–H groups in total. The van der Waals surface area contributed by atoms with Gasteiger partial charge in [0.25, 0.3) is 0 Å². The molecule has 0 amide bonds. The van der Waals surface area contributed by atoms with Gasteiger partial charge >= 0.3 is 11.9 Å². The van der Waals surface area contributed by atoms with Crippen LogP contribution in [-0.4, -0.2) is 31.7 Å². The molecule has 0 saturated heterocycles. The van der Waals surface area contributed by atoms with Crippen molar-refractivity contribution in [3.05, 3.63) is 59.7 Å². The summed E-state index contributed by atoms with van der Waals surface area (Å²) in [6, 6.07) is 13.5. The van der Waals surface area contributed by atoms with Gasteiger partial charge in [-0.15, -0.1) is 0 Å². The van der Waals surface area contributed by atoms with Crippen molar-refractivity contribution in [2.45, 2.75) is 18.5 Å². The zero-order valence-corrected chi connectivity index (χ0v) is 13.8. The topological polar surface area (TPSA) is 64.6 Å². The summed E-state index contributed by atoms with van der Waals surface area (Å²) in [5.41, 5.74) is 0.216. The van der Waals surface area contributed by atoms with Crippen LogP contribution >= 0.6 is 0 Å². The molecular weight excluding hydrogens is 306 g/mol. The number of carbonyl (C=O) groups is 2. The van der Waals surface area contributed by atoms with Gasteiger partial charge < -0.3 is 9.47 Å². The lowest BCUT2D eigenvalue weighted by Crippen LogP contribution is -2.46. The maximum Gasteiger partial charge on any atom is 0.335 e. The van der Waals surface area contributed by atoms with Crippen molar-refractivity contribution in [2.24, 2.45) is 0 Å². The molecule has 1 aliphatic heterocycles. The summed E-state index contributed by atoms with van der Waals surface area (Å²) in [7, 11) is 2.65. The van der Waals surface area contributed by atoms with Gasteiger partial charge in [0.1, 0.15) is 5.54 Å². The number of ether oxygens (including phenoxy) is 2. The first-order valence-corrected chi connectivity index (χ1v) is 7.64. The van der Waals surface area contributed by atoms with Gasteiger partial charge in [-0.2, -0.15) is 0 Å². The molecule has 1 aliphatic rings. The lowest BCUT2D eigenvalue weighted by molar-refractivity contribution is -0.145. The molecule has 2 aromatic rings. The van der Waals surface area contributed by atoms with Crippen molar-refractivity contribution in [3.63, 3.8) is 0 Å². The standard InChI is InChI=1S/C19H19NO4/c1-19(18(22)24-3)11-15(17(21)23-2)16(20-19)14-9-8-12-6-4-5-7-13(12)10-14/h4-11,16,20H,1-3H3/t16-,19-/m0/s1. The fourth-order valence-corrected chi connectivity index (χ4v) is 3.09. The Labute approximate surface area is 140 Å². The highest BCUT2D eigenvalue weighted by atomic mass is 16.5. The van der Waals surface area contributed by atoms with Crippen LogP contribution in [0.25, 0.3) is 10.8 Å². The van der Waals surface area contributed by atoms with E-state index in [9.17, 15) is 9.59 Å². The van der Waals surface area contributed by atoms with Gasteiger partial charge in [-0.1, -0.05) is 36.4 Å². The number of nitrogens with one attached hydrogen (secondary N) is 1. The van der Waals surface area contributed by atoms with Crippen molar-refractivity contribution in [2.75, 3.05) is 14.2 Å². The van der Waals surface area contributed by atoms with Crippen LogP contribution in [0.2, 0.25) is 0 Å². The van der Waals surface area contributed by atoms with Crippen LogP contribution in [0.1, 0.15) is 18.5 Å². The van der Waals surface area contributed by atoms with Crippen molar-refractivity contribution >= 4 is 22.7 Å². The molecule has 5 heteroatoms. The molecule has 0 saturated carbocycles. The largest absolute Gasteiger partial charge is 0.467 e. The van der Waals surface area contributed by atoms with Crippen LogP contribution in [-0.2, 0) is 19.1 Å². The molecule has 0 bridgehead atoms. The third kappa shape index (κ3) is 2.67. The van der Waals surface area contributed by atoms with Crippen LogP contribution in [0, 0.1) is 0 Å². The molecule has 0 spiro atoms. The summed E-state index contributed by atoms with van der Waals surface area (Å²) in [6.45, 7) is 1.68. The third-order valence-corrected chi connectivity index (χ3v) is 4.34. The molecule has 24 heavy (non-hydrogen) atoms. The SMILES string of the molecule is COC(=O)C1=C[C@@](C)(C(=O)OC)N[C@H]1c1ccc2ccccc2c1. The molecule has 3 rings (SSSR count). The Morgan fingerprint density at radius 2 is 1.75 bits per heavy atom. The molecule has 0 aromatic heterocycles. The van der Waals surface area contributed by atoms with E-state index in [1.807, 2.05) is 42.5 Å². The second-order valence-electron chi connectivity index (χ2n) is 5.97.